The minimum atomic E-state index is -0.277. The van der Waals surface area contributed by atoms with Gasteiger partial charge in [-0.1, -0.05) is 142 Å². The Bertz CT molecular complexity index is 2470. The largest absolute Gasteiger partial charge is 0.454 e. The molecule has 0 atom stereocenters. The molecule has 0 aliphatic heterocycles. The van der Waals surface area contributed by atoms with E-state index in [1.165, 1.54) is 6.42 Å². The van der Waals surface area contributed by atoms with Gasteiger partial charge in [0.1, 0.15) is 17.1 Å². The van der Waals surface area contributed by atoms with Crippen molar-refractivity contribution in [3.05, 3.63) is 169 Å². The minimum Gasteiger partial charge on any atom is -0.454 e. The van der Waals surface area contributed by atoms with Gasteiger partial charge in [-0.25, -0.2) is 9.38 Å². The summed E-state index contributed by atoms with van der Waals surface area (Å²) in [6, 6.07) is 46.1. The van der Waals surface area contributed by atoms with E-state index in [2.05, 4.69) is 50.8 Å². The molecule has 7 aromatic carbocycles. The van der Waals surface area contributed by atoms with Gasteiger partial charge in [-0.05, 0) is 80.2 Å². The lowest BCUT2D eigenvalue weighted by molar-refractivity contribution is 0.601. The summed E-state index contributed by atoms with van der Waals surface area (Å²) >= 11 is 0. The van der Waals surface area contributed by atoms with E-state index in [9.17, 15) is 0 Å². The van der Waals surface area contributed by atoms with Gasteiger partial charge in [0.2, 0.25) is 0 Å². The van der Waals surface area contributed by atoms with Crippen molar-refractivity contribution in [2.75, 3.05) is 0 Å². The van der Waals surface area contributed by atoms with Crippen LogP contribution in [0.3, 0.4) is 0 Å². The Labute approximate surface area is 280 Å². The third-order valence-electron chi connectivity index (χ3n) is 8.67. The Balaban J connectivity index is 0.00000117. The smallest absolute Gasteiger partial charge is 0.161 e. The molecule has 0 fully saturated rings. The van der Waals surface area contributed by atoms with Crippen molar-refractivity contribution < 1.29 is 8.81 Å². The fourth-order valence-electron chi connectivity index (χ4n) is 6.39. The zero-order valence-electron chi connectivity index (χ0n) is 27.4. The number of nitrogens with zero attached hydrogens (tertiary/aromatic N) is 1. The molecule has 0 aliphatic carbocycles. The first-order valence-electron chi connectivity index (χ1n) is 16.4. The molecule has 1 aromatic heterocycles. The van der Waals surface area contributed by atoms with E-state index in [0.29, 0.717) is 22.6 Å². The average Bonchev–Trinajstić information content (AvgIpc) is 3.49. The molecule has 0 saturated carbocycles. The Kier molecular flexibility index (Phi) is 8.44. The summed E-state index contributed by atoms with van der Waals surface area (Å²) in [5.74, 6) is 0.320. The number of aliphatic imine (C=N–C) groups is 1. The second-order valence-corrected chi connectivity index (χ2v) is 12.1. The summed E-state index contributed by atoms with van der Waals surface area (Å²) < 4.78 is 22.6. The fourth-order valence-corrected chi connectivity index (χ4v) is 6.39. The monoisotopic (exact) mass is 625 g/mol. The third kappa shape index (κ3) is 5.58. The maximum atomic E-state index is 16.1. The van der Waals surface area contributed by atoms with Gasteiger partial charge >= 0.3 is 0 Å². The minimum absolute atomic E-state index is 0.277. The molecule has 0 amide bonds. The lowest BCUT2D eigenvalue weighted by atomic mass is 9.91. The van der Waals surface area contributed by atoms with Gasteiger partial charge in [0.25, 0.3) is 0 Å². The van der Waals surface area contributed by atoms with Crippen molar-refractivity contribution in [2.24, 2.45) is 4.99 Å². The predicted molar refractivity (Wildman–Crippen MR) is 203 cm³/mol. The Morgan fingerprint density at radius 2 is 1.10 bits per heavy atom. The van der Waals surface area contributed by atoms with E-state index in [-0.39, 0.29) is 5.82 Å². The highest BCUT2D eigenvalue weighted by molar-refractivity contribution is 6.25. The number of benzene rings is 7. The number of hydrogen-bond donors (Lipinski definition) is 0. The highest BCUT2D eigenvalue weighted by Gasteiger charge is 2.20. The molecule has 0 radical (unpaired) electrons. The van der Waals surface area contributed by atoms with Crippen LogP contribution in [-0.2, 0) is 0 Å². The molecule has 0 N–H and O–H groups in total. The Morgan fingerprint density at radius 1 is 0.604 bits per heavy atom. The SMILES string of the molecule is C=C(c1ccccc1)c1oc2cc(-c3cc4c5ccccc5c5ccccc5c4cc3F)ccc2c1N=C(C)c1ccccc1.CCC. The van der Waals surface area contributed by atoms with Crippen molar-refractivity contribution in [1.82, 2.24) is 0 Å². The van der Waals surface area contributed by atoms with Crippen LogP contribution in [0.2, 0.25) is 0 Å². The molecule has 0 saturated heterocycles. The van der Waals surface area contributed by atoms with Gasteiger partial charge in [0, 0.05) is 22.2 Å². The average molecular weight is 626 g/mol. The van der Waals surface area contributed by atoms with Gasteiger partial charge in [0.05, 0.1) is 0 Å². The van der Waals surface area contributed by atoms with Crippen LogP contribution >= 0.6 is 0 Å². The molecule has 0 aliphatic rings. The van der Waals surface area contributed by atoms with Crippen LogP contribution in [0.1, 0.15) is 44.1 Å². The second-order valence-electron chi connectivity index (χ2n) is 12.1. The molecule has 8 aromatic rings. The molecule has 8 rings (SSSR count). The zero-order valence-corrected chi connectivity index (χ0v) is 27.4. The highest BCUT2D eigenvalue weighted by Crippen LogP contribution is 2.43. The summed E-state index contributed by atoms with van der Waals surface area (Å²) in [6.45, 7) is 10.6. The van der Waals surface area contributed by atoms with Crippen LogP contribution < -0.4 is 0 Å². The quantitative estimate of drug-likeness (QED) is 0.138. The van der Waals surface area contributed by atoms with Gasteiger partial charge < -0.3 is 4.42 Å². The summed E-state index contributed by atoms with van der Waals surface area (Å²) in [6.07, 6.45) is 1.25. The first-order valence-corrected chi connectivity index (χ1v) is 16.4. The number of fused-ring (bicyclic) bond motifs is 7. The zero-order chi connectivity index (χ0) is 33.2. The predicted octanol–water partition coefficient (Wildman–Crippen LogP) is 13.3. The number of furan rings is 1. The molecule has 2 nitrogen and oxygen atoms in total. The van der Waals surface area contributed by atoms with Crippen LogP contribution in [0.5, 0.6) is 0 Å². The lowest BCUT2D eigenvalue weighted by Crippen LogP contribution is -1.93. The van der Waals surface area contributed by atoms with E-state index in [1.54, 1.807) is 6.07 Å². The topological polar surface area (TPSA) is 25.5 Å². The van der Waals surface area contributed by atoms with Gasteiger partial charge in [-0.3, -0.25) is 0 Å². The van der Waals surface area contributed by atoms with Gasteiger partial charge in [-0.2, -0.15) is 0 Å². The third-order valence-corrected chi connectivity index (χ3v) is 8.67. The van der Waals surface area contributed by atoms with E-state index in [4.69, 9.17) is 9.41 Å². The van der Waals surface area contributed by atoms with Crippen LogP contribution in [0, 0.1) is 5.82 Å². The van der Waals surface area contributed by atoms with E-state index in [1.807, 2.05) is 110 Å². The Morgan fingerprint density at radius 3 is 1.69 bits per heavy atom. The molecule has 0 spiro atoms. The summed E-state index contributed by atoms with van der Waals surface area (Å²) in [5, 5.41) is 7.18. The standard InChI is InChI=1S/C42H28FNO.C3H8/c1-26(28-13-5-3-6-14-28)42-41(44-27(2)29-15-7-4-8-16-29)35-22-21-30(23-40(35)45-42)36-24-37-33-19-11-9-17-31(33)32-18-10-12-20-34(32)38(37)25-39(36)43;1-3-2/h3-25H,1H2,2H3;3H2,1-2H3. The molecular formula is C45H36FNO. The molecule has 0 bridgehead atoms. The molecule has 234 valence electrons. The highest BCUT2D eigenvalue weighted by atomic mass is 19.1. The second kappa shape index (κ2) is 13.1. The van der Waals surface area contributed by atoms with Crippen molar-refractivity contribution in [3.63, 3.8) is 0 Å². The van der Waals surface area contributed by atoms with Gasteiger partial charge in [-0.15, -0.1) is 0 Å². The van der Waals surface area contributed by atoms with Gasteiger partial charge in [0.15, 0.2) is 5.76 Å². The van der Waals surface area contributed by atoms with Crippen LogP contribution in [0.4, 0.5) is 10.1 Å². The van der Waals surface area contributed by atoms with E-state index in [0.717, 1.165) is 65.7 Å². The first-order chi connectivity index (χ1) is 23.5. The molecule has 3 heteroatoms. The molecular weight excluding hydrogens is 589 g/mol. The van der Waals surface area contributed by atoms with Crippen molar-refractivity contribution in [3.8, 4) is 11.1 Å². The molecule has 0 unspecified atom stereocenters. The number of halogens is 1. The van der Waals surface area contributed by atoms with E-state index < -0.39 is 0 Å². The summed E-state index contributed by atoms with van der Waals surface area (Å²) in [5.41, 5.74) is 6.18. The van der Waals surface area contributed by atoms with Crippen LogP contribution in [0.15, 0.2) is 156 Å². The molecule has 1 heterocycles. The molecule has 48 heavy (non-hydrogen) atoms. The maximum absolute atomic E-state index is 16.1. The summed E-state index contributed by atoms with van der Waals surface area (Å²) in [4.78, 5) is 5.08. The maximum Gasteiger partial charge on any atom is 0.161 e. The fraction of sp³-hybridized carbons (Fsp3) is 0.0889. The number of hydrogen-bond acceptors (Lipinski definition) is 2. The van der Waals surface area contributed by atoms with Crippen molar-refractivity contribution in [1.29, 1.82) is 0 Å². The number of rotatable bonds is 5. The van der Waals surface area contributed by atoms with Crippen LogP contribution in [-0.4, -0.2) is 5.71 Å². The Hall–Kier alpha value is -5.80. The normalized spacial score (nSPS) is 11.6. The van der Waals surface area contributed by atoms with Crippen LogP contribution in [0.25, 0.3) is 60.0 Å². The lowest BCUT2D eigenvalue weighted by Gasteiger charge is -2.13. The van der Waals surface area contributed by atoms with Crippen molar-refractivity contribution in [2.45, 2.75) is 27.2 Å². The van der Waals surface area contributed by atoms with E-state index >= 15 is 4.39 Å². The van der Waals surface area contributed by atoms with Crippen molar-refractivity contribution >= 4 is 60.3 Å². The summed E-state index contributed by atoms with van der Waals surface area (Å²) in [7, 11) is 0. The first kappa shape index (κ1) is 30.8.